The van der Waals surface area contributed by atoms with Gasteiger partial charge in [0.1, 0.15) is 0 Å². The summed E-state index contributed by atoms with van der Waals surface area (Å²) in [7, 11) is -8.53. The van der Waals surface area contributed by atoms with Crippen molar-refractivity contribution in [2.75, 3.05) is 6.54 Å². The molecule has 1 aromatic carbocycles. The Labute approximate surface area is 140 Å². The van der Waals surface area contributed by atoms with Gasteiger partial charge < -0.3 is 0 Å². The molecule has 0 spiro atoms. The number of hydrogen-bond donors (Lipinski definition) is 1. The monoisotopic (exact) mass is 379 g/mol. The number of sulfone groups is 1. The fourth-order valence-corrected chi connectivity index (χ4v) is 4.23. The van der Waals surface area contributed by atoms with Gasteiger partial charge in [-0.25, -0.2) is 21.6 Å². The third-order valence-corrected chi connectivity index (χ3v) is 6.70. The molecular weight excluding hydrogens is 360 g/mol. The molecule has 0 radical (unpaired) electrons. The number of hydrogen-bond acceptors (Lipinski definition) is 4. The van der Waals surface area contributed by atoms with E-state index in [4.69, 9.17) is 0 Å². The Kier molecular flexibility index (Phi) is 6.11. The van der Waals surface area contributed by atoms with Gasteiger partial charge in [0.05, 0.1) is 9.79 Å². The van der Waals surface area contributed by atoms with Crippen LogP contribution in [0.2, 0.25) is 0 Å². The topological polar surface area (TPSA) is 80.3 Å². The van der Waals surface area contributed by atoms with Crippen LogP contribution in [0.3, 0.4) is 0 Å². The van der Waals surface area contributed by atoms with Crippen molar-refractivity contribution in [2.45, 2.75) is 47.7 Å². The van der Waals surface area contributed by atoms with Crippen LogP contribution in [0.5, 0.6) is 0 Å². The Morgan fingerprint density at radius 1 is 1.00 bits per heavy atom. The van der Waals surface area contributed by atoms with Gasteiger partial charge in [-0.05, 0) is 56.4 Å². The highest BCUT2D eigenvalue weighted by atomic mass is 32.2. The normalized spacial score (nSPS) is 16.2. The smallest absolute Gasteiger partial charge is 0.218 e. The van der Waals surface area contributed by atoms with Crippen LogP contribution >= 0.6 is 0 Å². The van der Waals surface area contributed by atoms with E-state index >= 15 is 0 Å². The van der Waals surface area contributed by atoms with Crippen molar-refractivity contribution in [2.24, 2.45) is 0 Å². The van der Waals surface area contributed by atoms with E-state index in [1.165, 1.54) is 5.57 Å². The molecule has 0 saturated carbocycles. The van der Waals surface area contributed by atoms with Crippen LogP contribution in [0.25, 0.3) is 0 Å². The highest BCUT2D eigenvalue weighted by molar-refractivity contribution is 7.91. The molecule has 0 amide bonds. The Morgan fingerprint density at radius 2 is 1.62 bits per heavy atom. The highest BCUT2D eigenvalue weighted by Gasteiger charge is 2.27. The predicted molar refractivity (Wildman–Crippen MR) is 86.0 cm³/mol. The van der Waals surface area contributed by atoms with Crippen molar-refractivity contribution in [3.63, 3.8) is 0 Å². The Bertz CT molecular complexity index is 800. The summed E-state index contributed by atoms with van der Waals surface area (Å²) in [5.41, 5.74) is 1.22. The van der Waals surface area contributed by atoms with Crippen molar-refractivity contribution in [1.29, 1.82) is 0 Å². The molecule has 5 nitrogen and oxygen atoms in total. The summed E-state index contributed by atoms with van der Waals surface area (Å²) in [5.74, 6) is -3.54. The van der Waals surface area contributed by atoms with Crippen molar-refractivity contribution in [3.8, 4) is 0 Å². The average molecular weight is 379 g/mol. The first-order chi connectivity index (χ1) is 11.2. The maximum Gasteiger partial charge on any atom is 0.341 e. The lowest BCUT2D eigenvalue weighted by atomic mass is 9.97. The zero-order valence-corrected chi connectivity index (χ0v) is 14.5. The van der Waals surface area contributed by atoms with Gasteiger partial charge in [-0.3, -0.25) is 0 Å². The molecule has 9 heteroatoms. The van der Waals surface area contributed by atoms with Crippen LogP contribution in [0.4, 0.5) is 8.78 Å². The lowest BCUT2D eigenvalue weighted by Crippen LogP contribution is -2.25. The van der Waals surface area contributed by atoms with Crippen LogP contribution < -0.4 is 4.72 Å². The van der Waals surface area contributed by atoms with Gasteiger partial charge in [-0.2, -0.15) is 8.78 Å². The number of rotatable bonds is 7. The molecule has 0 saturated heterocycles. The van der Waals surface area contributed by atoms with E-state index in [1.807, 2.05) is 0 Å². The summed E-state index contributed by atoms with van der Waals surface area (Å²) in [5, 5.41) is 0. The van der Waals surface area contributed by atoms with Gasteiger partial charge in [-0.15, -0.1) is 0 Å². The standard InChI is InChI=1S/C15H19F2NO4S2/c16-15(17)23(19,20)13-6-8-14(9-7-13)24(21,22)18-11-10-12-4-2-1-3-5-12/h4,6-9,15,18H,1-3,5,10-11H2. The van der Waals surface area contributed by atoms with E-state index < -0.39 is 30.5 Å². The second-order valence-electron chi connectivity index (χ2n) is 5.53. The summed E-state index contributed by atoms with van der Waals surface area (Å²) >= 11 is 0. The maximum atomic E-state index is 12.5. The number of benzene rings is 1. The first-order valence-corrected chi connectivity index (χ1v) is 10.6. The molecular formula is C15H19F2NO4S2. The van der Waals surface area contributed by atoms with Crippen molar-refractivity contribution in [3.05, 3.63) is 35.9 Å². The largest absolute Gasteiger partial charge is 0.341 e. The summed E-state index contributed by atoms with van der Waals surface area (Å²) in [4.78, 5) is -0.767. The number of alkyl halides is 2. The van der Waals surface area contributed by atoms with E-state index in [0.717, 1.165) is 49.9 Å². The van der Waals surface area contributed by atoms with Gasteiger partial charge in [0.25, 0.3) is 0 Å². The second kappa shape index (κ2) is 7.71. The maximum absolute atomic E-state index is 12.5. The van der Waals surface area contributed by atoms with Crippen molar-refractivity contribution >= 4 is 19.9 Å². The molecule has 24 heavy (non-hydrogen) atoms. The average Bonchev–Trinajstić information content (AvgIpc) is 2.55. The van der Waals surface area contributed by atoms with E-state index in [1.54, 1.807) is 0 Å². The Balaban J connectivity index is 2.03. The minimum atomic E-state index is -4.73. The van der Waals surface area contributed by atoms with Crippen LogP contribution in [-0.2, 0) is 19.9 Å². The minimum absolute atomic E-state index is 0.159. The molecule has 0 heterocycles. The van der Waals surface area contributed by atoms with E-state index in [9.17, 15) is 25.6 Å². The summed E-state index contributed by atoms with van der Waals surface area (Å²) < 4.78 is 74.3. The highest BCUT2D eigenvalue weighted by Crippen LogP contribution is 2.21. The Hall–Kier alpha value is -1.32. The fourth-order valence-electron chi connectivity index (χ4n) is 2.47. The van der Waals surface area contributed by atoms with Gasteiger partial charge >= 0.3 is 5.76 Å². The minimum Gasteiger partial charge on any atom is -0.218 e. The SMILES string of the molecule is O=S(=O)(NCCC1=CCCCC1)c1ccc(S(=O)(=O)C(F)F)cc1. The predicted octanol–water partition coefficient (Wildman–Crippen LogP) is 2.85. The molecule has 0 aromatic heterocycles. The zero-order chi connectivity index (χ0) is 17.8. The number of halogens is 2. The molecule has 0 fully saturated rings. The van der Waals surface area contributed by atoms with Crippen LogP contribution in [0.15, 0.2) is 45.7 Å². The molecule has 1 N–H and O–H groups in total. The third kappa shape index (κ3) is 4.61. The molecule has 2 rings (SSSR count). The Morgan fingerprint density at radius 3 is 2.17 bits per heavy atom. The quantitative estimate of drug-likeness (QED) is 0.739. The molecule has 0 aliphatic heterocycles. The van der Waals surface area contributed by atoms with Gasteiger partial charge in [0.2, 0.25) is 19.9 Å². The van der Waals surface area contributed by atoms with E-state index in [2.05, 4.69) is 10.8 Å². The van der Waals surface area contributed by atoms with Crippen molar-refractivity contribution in [1.82, 2.24) is 4.72 Å². The lowest BCUT2D eigenvalue weighted by Gasteiger charge is -2.13. The zero-order valence-electron chi connectivity index (χ0n) is 12.9. The second-order valence-corrected chi connectivity index (χ2v) is 9.22. The van der Waals surface area contributed by atoms with E-state index in [-0.39, 0.29) is 11.4 Å². The molecule has 1 aliphatic rings. The molecule has 0 bridgehead atoms. The first-order valence-electron chi connectivity index (χ1n) is 7.53. The molecule has 134 valence electrons. The summed E-state index contributed by atoms with van der Waals surface area (Å²) in [6.45, 7) is 0.241. The molecule has 0 unspecified atom stereocenters. The van der Waals surface area contributed by atoms with Gasteiger partial charge in [0, 0.05) is 6.54 Å². The fraction of sp³-hybridized carbons (Fsp3) is 0.467. The van der Waals surface area contributed by atoms with Crippen LogP contribution in [-0.4, -0.2) is 29.1 Å². The number of sulfonamides is 1. The third-order valence-electron chi connectivity index (χ3n) is 3.82. The summed E-state index contributed by atoms with van der Waals surface area (Å²) in [6.07, 6.45) is 7.00. The van der Waals surface area contributed by atoms with Gasteiger partial charge in [-0.1, -0.05) is 11.6 Å². The van der Waals surface area contributed by atoms with Crippen LogP contribution in [0, 0.1) is 0 Å². The molecule has 1 aromatic rings. The lowest BCUT2D eigenvalue weighted by molar-refractivity contribution is 0.234. The first kappa shape index (κ1) is 19.0. The van der Waals surface area contributed by atoms with E-state index in [0.29, 0.717) is 6.42 Å². The van der Waals surface area contributed by atoms with Gasteiger partial charge in [0.15, 0.2) is 0 Å². The van der Waals surface area contributed by atoms with Crippen LogP contribution in [0.1, 0.15) is 32.1 Å². The molecule has 1 aliphatic carbocycles. The van der Waals surface area contributed by atoms with Crippen molar-refractivity contribution < 1.29 is 25.6 Å². The number of nitrogens with one attached hydrogen (secondary N) is 1. The molecule has 0 atom stereocenters. The summed E-state index contributed by atoms with van der Waals surface area (Å²) in [6, 6.07) is 3.77. The number of allylic oxidation sites excluding steroid dienone is 1.